The highest BCUT2D eigenvalue weighted by atomic mass is 35.5. The third kappa shape index (κ3) is 3.04. The van der Waals surface area contributed by atoms with Gasteiger partial charge in [0.25, 0.3) is 10.0 Å². The maximum Gasteiger partial charge on any atom is 0.262 e. The number of hydrogen-bond donors (Lipinski definition) is 1. The first-order valence-electron chi connectivity index (χ1n) is 6.63. The number of aryl methyl sites for hydroxylation is 1. The topological polar surface area (TPSA) is 59.1 Å². The van der Waals surface area contributed by atoms with E-state index in [9.17, 15) is 8.42 Å². The van der Waals surface area contributed by atoms with Gasteiger partial charge in [-0.05, 0) is 43.7 Å². The van der Waals surface area contributed by atoms with Gasteiger partial charge in [-0.1, -0.05) is 29.3 Å². The molecule has 0 aliphatic carbocycles. The highest BCUT2D eigenvalue weighted by Gasteiger charge is 2.20. The number of hydrogen-bond acceptors (Lipinski definition) is 4. The molecule has 0 amide bonds. The van der Waals surface area contributed by atoms with Gasteiger partial charge in [-0.3, -0.25) is 4.72 Å². The van der Waals surface area contributed by atoms with Crippen LogP contribution in [0.1, 0.15) is 10.6 Å². The number of nitrogens with one attached hydrogen (secondary N) is 1. The van der Waals surface area contributed by atoms with Gasteiger partial charge in [-0.25, -0.2) is 13.4 Å². The average molecular weight is 387 g/mol. The number of benzene rings is 2. The summed E-state index contributed by atoms with van der Waals surface area (Å²) < 4.78 is 28.7. The molecule has 0 aliphatic heterocycles. The quantitative estimate of drug-likeness (QED) is 0.687. The second kappa shape index (κ2) is 5.94. The molecule has 4 nitrogen and oxygen atoms in total. The molecule has 1 heterocycles. The molecule has 0 fully saturated rings. The van der Waals surface area contributed by atoms with Gasteiger partial charge in [0.05, 0.1) is 25.3 Å². The van der Waals surface area contributed by atoms with Crippen molar-refractivity contribution in [3.63, 3.8) is 0 Å². The molecule has 2 aromatic carbocycles. The number of nitrogens with zero attached hydrogens (tertiary/aromatic N) is 1. The standard InChI is InChI=1S/C15H12Cl2N2O2S2/c1-8-10(16)4-3-5-13(8)23(20,21)19-11-6-7-12-15(14(11)17)18-9(2)22-12/h3-7,19H,1-2H3. The maximum absolute atomic E-state index is 12.6. The maximum atomic E-state index is 12.6. The largest absolute Gasteiger partial charge is 0.278 e. The molecule has 0 unspecified atom stereocenters. The van der Waals surface area contributed by atoms with Gasteiger partial charge in [-0.15, -0.1) is 11.3 Å². The van der Waals surface area contributed by atoms with Gasteiger partial charge in [0, 0.05) is 5.02 Å². The van der Waals surface area contributed by atoms with E-state index in [2.05, 4.69) is 9.71 Å². The Morgan fingerprint density at radius 2 is 1.87 bits per heavy atom. The predicted molar refractivity (Wildman–Crippen MR) is 96.4 cm³/mol. The molecular formula is C15H12Cl2N2O2S2. The highest BCUT2D eigenvalue weighted by Crippen LogP contribution is 2.35. The van der Waals surface area contributed by atoms with Crippen LogP contribution in [0.3, 0.4) is 0 Å². The van der Waals surface area contributed by atoms with Gasteiger partial charge < -0.3 is 0 Å². The molecule has 8 heteroatoms. The summed E-state index contributed by atoms with van der Waals surface area (Å²) in [6.45, 7) is 3.53. The van der Waals surface area contributed by atoms with E-state index in [1.54, 1.807) is 31.2 Å². The fraction of sp³-hybridized carbons (Fsp3) is 0.133. The Balaban J connectivity index is 2.07. The molecule has 3 aromatic rings. The Hall–Kier alpha value is -1.34. The molecule has 120 valence electrons. The van der Waals surface area contributed by atoms with Crippen molar-refractivity contribution in [1.82, 2.24) is 4.98 Å². The zero-order chi connectivity index (χ0) is 16.8. The minimum Gasteiger partial charge on any atom is -0.278 e. The van der Waals surface area contributed by atoms with E-state index in [-0.39, 0.29) is 9.92 Å². The lowest BCUT2D eigenvalue weighted by atomic mass is 10.2. The third-order valence-electron chi connectivity index (χ3n) is 3.36. The number of fused-ring (bicyclic) bond motifs is 1. The van der Waals surface area contributed by atoms with Crippen LogP contribution >= 0.6 is 34.5 Å². The predicted octanol–water partition coefficient (Wildman–Crippen LogP) is 5.02. The summed E-state index contributed by atoms with van der Waals surface area (Å²) in [4.78, 5) is 4.46. The monoisotopic (exact) mass is 386 g/mol. The second-order valence-corrected chi connectivity index (χ2v) is 8.65. The van der Waals surface area contributed by atoms with Crippen LogP contribution in [0.4, 0.5) is 5.69 Å². The summed E-state index contributed by atoms with van der Waals surface area (Å²) in [7, 11) is -3.79. The molecule has 0 atom stereocenters. The molecule has 0 aliphatic rings. The second-order valence-electron chi connectivity index (χ2n) is 4.98. The van der Waals surface area contributed by atoms with Gasteiger partial charge in [0.15, 0.2) is 0 Å². The van der Waals surface area contributed by atoms with Gasteiger partial charge >= 0.3 is 0 Å². The van der Waals surface area contributed by atoms with E-state index < -0.39 is 10.0 Å². The highest BCUT2D eigenvalue weighted by molar-refractivity contribution is 7.92. The van der Waals surface area contributed by atoms with Crippen molar-refractivity contribution in [1.29, 1.82) is 0 Å². The molecule has 0 saturated heterocycles. The molecule has 0 saturated carbocycles. The van der Waals surface area contributed by atoms with E-state index in [0.717, 1.165) is 9.71 Å². The average Bonchev–Trinajstić information content (AvgIpc) is 2.86. The lowest BCUT2D eigenvalue weighted by Gasteiger charge is -2.12. The first kappa shape index (κ1) is 16.5. The zero-order valence-corrected chi connectivity index (χ0v) is 15.4. The van der Waals surface area contributed by atoms with Crippen LogP contribution in [0.5, 0.6) is 0 Å². The van der Waals surface area contributed by atoms with E-state index in [0.29, 0.717) is 21.8 Å². The number of aromatic nitrogens is 1. The molecule has 1 aromatic heterocycles. The van der Waals surface area contributed by atoms with E-state index >= 15 is 0 Å². The minimum absolute atomic E-state index is 0.121. The molecule has 1 N–H and O–H groups in total. The molecule has 0 bridgehead atoms. The van der Waals surface area contributed by atoms with E-state index in [1.165, 1.54) is 17.4 Å². The van der Waals surface area contributed by atoms with Crippen molar-refractivity contribution >= 4 is 60.5 Å². The first-order chi connectivity index (χ1) is 10.8. The SMILES string of the molecule is Cc1nc2c(Cl)c(NS(=O)(=O)c3cccc(Cl)c3C)ccc2s1. The van der Waals surface area contributed by atoms with Crippen molar-refractivity contribution in [2.75, 3.05) is 4.72 Å². The smallest absolute Gasteiger partial charge is 0.262 e. The lowest BCUT2D eigenvalue weighted by molar-refractivity contribution is 0.600. The fourth-order valence-corrected chi connectivity index (χ4v) is 5.00. The summed E-state index contributed by atoms with van der Waals surface area (Å²) in [5, 5.41) is 1.55. The number of anilines is 1. The number of halogens is 2. The van der Waals surface area contributed by atoms with Crippen molar-refractivity contribution in [2.24, 2.45) is 0 Å². The van der Waals surface area contributed by atoms with Crippen LogP contribution in [0.15, 0.2) is 35.2 Å². The number of sulfonamides is 1. The van der Waals surface area contributed by atoms with E-state index in [1.807, 2.05) is 6.92 Å². The Morgan fingerprint density at radius 1 is 1.13 bits per heavy atom. The molecule has 3 rings (SSSR count). The molecule has 23 heavy (non-hydrogen) atoms. The number of rotatable bonds is 3. The van der Waals surface area contributed by atoms with Crippen molar-refractivity contribution < 1.29 is 8.42 Å². The van der Waals surface area contributed by atoms with Crippen molar-refractivity contribution in [3.05, 3.63) is 50.9 Å². The summed E-state index contributed by atoms with van der Waals surface area (Å²) in [6.07, 6.45) is 0. The summed E-state index contributed by atoms with van der Waals surface area (Å²) in [6, 6.07) is 8.18. The van der Waals surface area contributed by atoms with Crippen LogP contribution < -0.4 is 4.72 Å². The van der Waals surface area contributed by atoms with E-state index in [4.69, 9.17) is 23.2 Å². The normalized spacial score (nSPS) is 11.8. The fourth-order valence-electron chi connectivity index (χ4n) is 2.23. The van der Waals surface area contributed by atoms with Crippen LogP contribution in [-0.2, 0) is 10.0 Å². The summed E-state index contributed by atoms with van der Waals surface area (Å²) in [5.41, 5.74) is 1.38. The van der Waals surface area contributed by atoms with Crippen LogP contribution in [0, 0.1) is 13.8 Å². The van der Waals surface area contributed by atoms with Gasteiger partial charge in [0.2, 0.25) is 0 Å². The van der Waals surface area contributed by atoms with Gasteiger partial charge in [0.1, 0.15) is 5.52 Å². The Bertz CT molecular complexity index is 1010. The van der Waals surface area contributed by atoms with Crippen LogP contribution in [-0.4, -0.2) is 13.4 Å². The molecule has 0 radical (unpaired) electrons. The van der Waals surface area contributed by atoms with Gasteiger partial charge in [-0.2, -0.15) is 0 Å². The zero-order valence-electron chi connectivity index (χ0n) is 12.2. The Kier molecular flexibility index (Phi) is 4.27. The molecule has 0 spiro atoms. The minimum atomic E-state index is -3.79. The van der Waals surface area contributed by atoms with Crippen molar-refractivity contribution in [3.8, 4) is 0 Å². The first-order valence-corrected chi connectivity index (χ1v) is 9.69. The van der Waals surface area contributed by atoms with Crippen LogP contribution in [0.25, 0.3) is 10.2 Å². The summed E-state index contributed by atoms with van der Waals surface area (Å²) in [5.74, 6) is 0. The lowest BCUT2D eigenvalue weighted by Crippen LogP contribution is -2.14. The Labute approximate surface area is 148 Å². The number of thiazole rings is 1. The molecular weight excluding hydrogens is 375 g/mol. The summed E-state index contributed by atoms with van der Waals surface area (Å²) >= 11 is 13.8. The van der Waals surface area contributed by atoms with Crippen LogP contribution in [0.2, 0.25) is 10.0 Å². The Morgan fingerprint density at radius 3 is 2.61 bits per heavy atom. The van der Waals surface area contributed by atoms with Crippen molar-refractivity contribution in [2.45, 2.75) is 18.7 Å². The third-order valence-corrected chi connectivity index (χ3v) is 6.60.